The summed E-state index contributed by atoms with van der Waals surface area (Å²) < 4.78 is 13.4. The van der Waals surface area contributed by atoms with Gasteiger partial charge >= 0.3 is 0 Å². The van der Waals surface area contributed by atoms with Crippen molar-refractivity contribution in [1.29, 1.82) is 0 Å². The van der Waals surface area contributed by atoms with E-state index in [1.807, 2.05) is 4.90 Å². The van der Waals surface area contributed by atoms with E-state index in [0.29, 0.717) is 12.2 Å². The van der Waals surface area contributed by atoms with Crippen molar-refractivity contribution < 1.29 is 9.31 Å². The molecule has 5 nitrogen and oxygen atoms in total. The molecule has 6 heteroatoms. The number of halogens is 1. The predicted octanol–water partition coefficient (Wildman–Crippen LogP) is 2.05. The molecule has 1 unspecified atom stereocenters. The summed E-state index contributed by atoms with van der Waals surface area (Å²) in [6.07, 6.45) is 3.04. The Morgan fingerprint density at radius 2 is 2.22 bits per heavy atom. The molecule has 1 fully saturated rings. The van der Waals surface area contributed by atoms with Crippen LogP contribution >= 0.6 is 0 Å². The van der Waals surface area contributed by atoms with Gasteiger partial charge in [0.1, 0.15) is 5.82 Å². The number of nitro benzene ring substituents is 1. The van der Waals surface area contributed by atoms with Crippen LogP contribution in [0.5, 0.6) is 0 Å². The van der Waals surface area contributed by atoms with Gasteiger partial charge < -0.3 is 10.6 Å². The highest BCUT2D eigenvalue weighted by molar-refractivity contribution is 5.54. The number of non-ortho nitro benzene ring substituents is 1. The Morgan fingerprint density at radius 3 is 2.89 bits per heavy atom. The predicted molar refractivity (Wildman–Crippen MR) is 67.1 cm³/mol. The van der Waals surface area contributed by atoms with E-state index < -0.39 is 10.7 Å². The molecule has 0 radical (unpaired) electrons. The molecule has 0 saturated carbocycles. The number of hydrogen-bond donors (Lipinski definition) is 1. The fourth-order valence-corrected chi connectivity index (χ4v) is 2.42. The highest BCUT2D eigenvalue weighted by Crippen LogP contribution is 2.28. The van der Waals surface area contributed by atoms with E-state index in [9.17, 15) is 14.5 Å². The third-order valence-electron chi connectivity index (χ3n) is 3.31. The Balaban J connectivity index is 2.33. The van der Waals surface area contributed by atoms with E-state index in [2.05, 4.69) is 0 Å². The van der Waals surface area contributed by atoms with Crippen LogP contribution in [0.2, 0.25) is 0 Å². The highest BCUT2D eigenvalue weighted by Gasteiger charge is 2.23. The van der Waals surface area contributed by atoms with Crippen LogP contribution in [-0.4, -0.2) is 24.1 Å². The van der Waals surface area contributed by atoms with Crippen LogP contribution in [-0.2, 0) is 0 Å². The van der Waals surface area contributed by atoms with Gasteiger partial charge in [0.05, 0.1) is 11.0 Å². The Kier molecular flexibility index (Phi) is 3.76. The zero-order chi connectivity index (χ0) is 13.1. The molecule has 0 amide bonds. The number of nitro groups is 1. The monoisotopic (exact) mass is 253 g/mol. The molecule has 1 aliphatic rings. The SMILES string of the molecule is NCC1CCCCN1c1cc(F)cc([N+](=O)[O-])c1. The first kappa shape index (κ1) is 12.8. The van der Waals surface area contributed by atoms with Crippen molar-refractivity contribution >= 4 is 11.4 Å². The number of nitrogens with two attached hydrogens (primary N) is 1. The normalized spacial score (nSPS) is 19.9. The van der Waals surface area contributed by atoms with Crippen molar-refractivity contribution in [3.8, 4) is 0 Å². The minimum Gasteiger partial charge on any atom is -0.367 e. The Labute approximate surface area is 105 Å². The number of benzene rings is 1. The molecule has 1 heterocycles. The summed E-state index contributed by atoms with van der Waals surface area (Å²) in [4.78, 5) is 12.1. The van der Waals surface area contributed by atoms with Gasteiger partial charge in [0.15, 0.2) is 0 Å². The second-order valence-corrected chi connectivity index (χ2v) is 4.50. The topological polar surface area (TPSA) is 72.4 Å². The largest absolute Gasteiger partial charge is 0.367 e. The van der Waals surface area contributed by atoms with E-state index in [4.69, 9.17) is 5.73 Å². The molecule has 1 aromatic rings. The van der Waals surface area contributed by atoms with Crippen LogP contribution in [0.25, 0.3) is 0 Å². The van der Waals surface area contributed by atoms with Crippen LogP contribution in [0, 0.1) is 15.9 Å². The first-order valence-corrected chi connectivity index (χ1v) is 6.03. The van der Waals surface area contributed by atoms with E-state index in [0.717, 1.165) is 31.9 Å². The molecular formula is C12H16FN3O2. The van der Waals surface area contributed by atoms with Crippen molar-refractivity contribution in [2.75, 3.05) is 18.0 Å². The van der Waals surface area contributed by atoms with Crippen molar-refractivity contribution in [2.45, 2.75) is 25.3 Å². The van der Waals surface area contributed by atoms with Gasteiger partial charge in [0.25, 0.3) is 5.69 Å². The molecular weight excluding hydrogens is 237 g/mol. The summed E-state index contributed by atoms with van der Waals surface area (Å²) in [5.41, 5.74) is 6.03. The van der Waals surface area contributed by atoms with Gasteiger partial charge in [-0.1, -0.05) is 0 Å². The average molecular weight is 253 g/mol. The fourth-order valence-electron chi connectivity index (χ4n) is 2.42. The van der Waals surface area contributed by atoms with Crippen LogP contribution in [0.3, 0.4) is 0 Å². The Bertz CT molecular complexity index is 453. The summed E-state index contributed by atoms with van der Waals surface area (Å²) in [5, 5.41) is 10.7. The first-order chi connectivity index (χ1) is 8.61. The summed E-state index contributed by atoms with van der Waals surface area (Å²) >= 11 is 0. The van der Waals surface area contributed by atoms with Gasteiger partial charge in [0, 0.05) is 30.9 Å². The molecule has 2 rings (SSSR count). The first-order valence-electron chi connectivity index (χ1n) is 6.03. The maximum absolute atomic E-state index is 13.4. The van der Waals surface area contributed by atoms with Crippen molar-refractivity contribution in [3.05, 3.63) is 34.1 Å². The fraction of sp³-hybridized carbons (Fsp3) is 0.500. The number of hydrogen-bond acceptors (Lipinski definition) is 4. The third kappa shape index (κ3) is 2.59. The molecule has 0 aliphatic carbocycles. The summed E-state index contributed by atoms with van der Waals surface area (Å²) in [7, 11) is 0. The lowest BCUT2D eigenvalue weighted by molar-refractivity contribution is -0.385. The minimum atomic E-state index is -0.583. The van der Waals surface area contributed by atoms with E-state index >= 15 is 0 Å². The van der Waals surface area contributed by atoms with E-state index in [1.165, 1.54) is 12.1 Å². The van der Waals surface area contributed by atoms with Gasteiger partial charge in [0.2, 0.25) is 0 Å². The molecule has 0 aromatic heterocycles. The highest BCUT2D eigenvalue weighted by atomic mass is 19.1. The molecule has 18 heavy (non-hydrogen) atoms. The average Bonchev–Trinajstić information content (AvgIpc) is 2.38. The number of rotatable bonds is 3. The van der Waals surface area contributed by atoms with Crippen LogP contribution < -0.4 is 10.6 Å². The number of nitrogens with zero attached hydrogens (tertiary/aromatic N) is 2. The van der Waals surface area contributed by atoms with Crippen LogP contribution in [0.1, 0.15) is 19.3 Å². The second-order valence-electron chi connectivity index (χ2n) is 4.50. The molecule has 0 spiro atoms. The van der Waals surface area contributed by atoms with Crippen LogP contribution in [0.4, 0.5) is 15.8 Å². The minimum absolute atomic E-state index is 0.139. The van der Waals surface area contributed by atoms with Gasteiger partial charge in [-0.3, -0.25) is 10.1 Å². The van der Waals surface area contributed by atoms with Crippen LogP contribution in [0.15, 0.2) is 18.2 Å². The zero-order valence-electron chi connectivity index (χ0n) is 10.0. The summed E-state index contributed by atoms with van der Waals surface area (Å²) in [6, 6.07) is 3.82. The zero-order valence-corrected chi connectivity index (χ0v) is 10.0. The molecule has 1 aliphatic heterocycles. The third-order valence-corrected chi connectivity index (χ3v) is 3.31. The quantitative estimate of drug-likeness (QED) is 0.661. The summed E-state index contributed by atoms with van der Waals surface area (Å²) in [5.74, 6) is -0.583. The van der Waals surface area contributed by atoms with Crippen molar-refractivity contribution in [3.63, 3.8) is 0 Å². The van der Waals surface area contributed by atoms with Gasteiger partial charge in [-0.2, -0.15) is 0 Å². The standard InChI is InChI=1S/C12H16FN3O2/c13-9-5-11(7-12(6-9)16(17)18)15-4-2-1-3-10(15)8-14/h5-7,10H,1-4,8,14H2. The molecule has 1 atom stereocenters. The van der Waals surface area contributed by atoms with E-state index in [1.54, 1.807) is 0 Å². The van der Waals surface area contributed by atoms with Crippen molar-refractivity contribution in [2.24, 2.45) is 5.73 Å². The van der Waals surface area contributed by atoms with Gasteiger partial charge in [-0.05, 0) is 25.3 Å². The lowest BCUT2D eigenvalue weighted by atomic mass is 10.0. The lowest BCUT2D eigenvalue weighted by Crippen LogP contribution is -2.44. The molecule has 0 bridgehead atoms. The van der Waals surface area contributed by atoms with Gasteiger partial charge in [-0.25, -0.2) is 4.39 Å². The number of piperidine rings is 1. The number of anilines is 1. The smallest absolute Gasteiger partial charge is 0.274 e. The Hall–Kier alpha value is -1.69. The van der Waals surface area contributed by atoms with Gasteiger partial charge in [-0.15, -0.1) is 0 Å². The maximum atomic E-state index is 13.4. The Morgan fingerprint density at radius 1 is 1.44 bits per heavy atom. The van der Waals surface area contributed by atoms with E-state index in [-0.39, 0.29) is 11.7 Å². The lowest BCUT2D eigenvalue weighted by Gasteiger charge is -2.36. The van der Waals surface area contributed by atoms with Crippen molar-refractivity contribution in [1.82, 2.24) is 0 Å². The second kappa shape index (κ2) is 5.30. The summed E-state index contributed by atoms with van der Waals surface area (Å²) in [6.45, 7) is 1.24. The molecule has 98 valence electrons. The molecule has 2 N–H and O–H groups in total. The molecule has 1 saturated heterocycles. The maximum Gasteiger partial charge on any atom is 0.274 e. The molecule has 1 aromatic carbocycles.